The molecule has 2 saturated heterocycles. The van der Waals surface area contributed by atoms with Gasteiger partial charge in [0, 0.05) is 57.6 Å². The average molecular weight is 577 g/mol. The van der Waals surface area contributed by atoms with Crippen molar-refractivity contribution in [1.82, 2.24) is 25.0 Å². The maximum Gasteiger partial charge on any atom is 0.236 e. The summed E-state index contributed by atoms with van der Waals surface area (Å²) in [6, 6.07) is 14.4. The van der Waals surface area contributed by atoms with E-state index in [1.165, 1.54) is 12.0 Å². The van der Waals surface area contributed by atoms with E-state index in [-0.39, 0.29) is 29.9 Å². The number of piperazine rings is 1. The summed E-state index contributed by atoms with van der Waals surface area (Å²) in [6.07, 6.45) is 5.37. The van der Waals surface area contributed by atoms with Crippen molar-refractivity contribution < 1.29 is 4.79 Å². The Morgan fingerprint density at radius 2 is 1.76 bits per heavy atom. The molecule has 0 aliphatic carbocycles. The van der Waals surface area contributed by atoms with Crippen molar-refractivity contribution >= 4 is 35.8 Å². The van der Waals surface area contributed by atoms with Crippen molar-refractivity contribution in [2.45, 2.75) is 32.7 Å². The molecular formula is C26H37IN6O. The fourth-order valence-corrected chi connectivity index (χ4v) is 4.51. The largest absolute Gasteiger partial charge is 0.357 e. The Kier molecular flexibility index (Phi) is 10.6. The van der Waals surface area contributed by atoms with E-state index in [2.05, 4.69) is 51.3 Å². The Labute approximate surface area is 220 Å². The van der Waals surface area contributed by atoms with Gasteiger partial charge in [-0.05, 0) is 49.9 Å². The molecule has 7 nitrogen and oxygen atoms in total. The predicted molar refractivity (Wildman–Crippen MR) is 148 cm³/mol. The molecule has 1 N–H and O–H groups in total. The number of benzene rings is 1. The van der Waals surface area contributed by atoms with Crippen LogP contribution in [0.25, 0.3) is 11.3 Å². The fourth-order valence-electron chi connectivity index (χ4n) is 4.51. The number of aliphatic imine (C=N–C) groups is 1. The highest BCUT2D eigenvalue weighted by molar-refractivity contribution is 14.0. The lowest BCUT2D eigenvalue weighted by Gasteiger charge is -2.37. The van der Waals surface area contributed by atoms with E-state index < -0.39 is 0 Å². The van der Waals surface area contributed by atoms with E-state index in [9.17, 15) is 4.79 Å². The number of piperidine rings is 1. The van der Waals surface area contributed by atoms with Gasteiger partial charge in [-0.15, -0.1) is 24.0 Å². The monoisotopic (exact) mass is 576 g/mol. The van der Waals surface area contributed by atoms with Crippen molar-refractivity contribution in [2.24, 2.45) is 4.99 Å². The van der Waals surface area contributed by atoms with Gasteiger partial charge in [0.25, 0.3) is 0 Å². The number of hydrogen-bond acceptors (Lipinski definition) is 4. The van der Waals surface area contributed by atoms with Gasteiger partial charge in [0.15, 0.2) is 5.96 Å². The van der Waals surface area contributed by atoms with Gasteiger partial charge >= 0.3 is 0 Å². The summed E-state index contributed by atoms with van der Waals surface area (Å²) < 4.78 is 0. The zero-order valence-electron chi connectivity index (χ0n) is 20.2. The third kappa shape index (κ3) is 7.40. The van der Waals surface area contributed by atoms with Gasteiger partial charge in [0.05, 0.1) is 18.8 Å². The minimum Gasteiger partial charge on any atom is -0.357 e. The number of halogens is 1. The number of nitrogens with one attached hydrogen (secondary N) is 1. The molecule has 2 aromatic rings. The first kappa shape index (κ1) is 26.4. The number of aromatic nitrogens is 1. The van der Waals surface area contributed by atoms with Crippen LogP contribution in [0.1, 0.15) is 31.7 Å². The number of carbonyl (C=O) groups is 1. The second kappa shape index (κ2) is 13.6. The fraction of sp³-hybridized carbons (Fsp3) is 0.500. The van der Waals surface area contributed by atoms with E-state index in [1.807, 2.05) is 29.3 Å². The molecule has 0 saturated carbocycles. The smallest absolute Gasteiger partial charge is 0.236 e. The quantitative estimate of drug-likeness (QED) is 0.325. The maximum absolute atomic E-state index is 12.6. The second-order valence-electron chi connectivity index (χ2n) is 8.79. The van der Waals surface area contributed by atoms with Crippen LogP contribution < -0.4 is 5.32 Å². The van der Waals surface area contributed by atoms with Crippen LogP contribution in [0.4, 0.5) is 0 Å². The van der Waals surface area contributed by atoms with Gasteiger partial charge in [-0.25, -0.2) is 4.99 Å². The first-order valence-electron chi connectivity index (χ1n) is 12.3. The topological polar surface area (TPSA) is 64.1 Å². The molecule has 0 radical (unpaired) electrons. The van der Waals surface area contributed by atoms with Gasteiger partial charge in [0.1, 0.15) is 0 Å². The van der Waals surface area contributed by atoms with Crippen molar-refractivity contribution in [3.05, 3.63) is 54.2 Å². The van der Waals surface area contributed by atoms with E-state index >= 15 is 0 Å². The highest BCUT2D eigenvalue weighted by Gasteiger charge is 2.24. The summed E-state index contributed by atoms with van der Waals surface area (Å²) in [4.78, 5) is 28.6. The van der Waals surface area contributed by atoms with Gasteiger partial charge in [-0.2, -0.15) is 0 Å². The molecule has 4 rings (SSSR count). The Bertz CT molecular complexity index is 924. The lowest BCUT2D eigenvalue weighted by molar-refractivity contribution is -0.133. The molecule has 2 aliphatic rings. The number of hydrogen-bond donors (Lipinski definition) is 1. The van der Waals surface area contributed by atoms with Crippen molar-refractivity contribution in [1.29, 1.82) is 0 Å². The third-order valence-electron chi connectivity index (χ3n) is 6.37. The summed E-state index contributed by atoms with van der Waals surface area (Å²) in [5.41, 5.74) is 3.25. The molecule has 184 valence electrons. The number of amides is 1. The van der Waals surface area contributed by atoms with Gasteiger partial charge in [-0.3, -0.25) is 14.7 Å². The Balaban J connectivity index is 0.00000324. The van der Waals surface area contributed by atoms with Gasteiger partial charge < -0.3 is 15.1 Å². The van der Waals surface area contributed by atoms with Gasteiger partial charge in [0.2, 0.25) is 5.91 Å². The van der Waals surface area contributed by atoms with Crippen LogP contribution in [0, 0.1) is 0 Å². The van der Waals surface area contributed by atoms with E-state index in [1.54, 1.807) is 0 Å². The van der Waals surface area contributed by atoms with Crippen LogP contribution in [0.5, 0.6) is 0 Å². The van der Waals surface area contributed by atoms with Crippen molar-refractivity contribution in [2.75, 3.05) is 52.4 Å². The number of rotatable bonds is 6. The molecular weight excluding hydrogens is 539 g/mol. The molecule has 8 heteroatoms. The SMILES string of the molecule is CCNC(=NCc1cccc(-c2ccccn2)c1)N1CCN(CC(=O)N2CCCCC2)CC1.I. The highest BCUT2D eigenvalue weighted by atomic mass is 127. The molecule has 0 bridgehead atoms. The molecule has 3 heterocycles. The van der Waals surface area contributed by atoms with E-state index in [0.29, 0.717) is 13.1 Å². The second-order valence-corrected chi connectivity index (χ2v) is 8.79. The molecule has 1 amide bonds. The average Bonchev–Trinajstić information content (AvgIpc) is 2.88. The van der Waals surface area contributed by atoms with Crippen LogP contribution in [0.15, 0.2) is 53.7 Å². The lowest BCUT2D eigenvalue weighted by atomic mass is 10.1. The molecule has 2 fully saturated rings. The number of guanidine groups is 1. The summed E-state index contributed by atoms with van der Waals surface area (Å²) >= 11 is 0. The van der Waals surface area contributed by atoms with Crippen LogP contribution in [-0.4, -0.2) is 83.9 Å². The van der Waals surface area contributed by atoms with E-state index in [4.69, 9.17) is 4.99 Å². The molecule has 0 atom stereocenters. The van der Waals surface area contributed by atoms with Crippen molar-refractivity contribution in [3.8, 4) is 11.3 Å². The van der Waals surface area contributed by atoms with E-state index in [0.717, 1.165) is 75.9 Å². The minimum absolute atomic E-state index is 0. The van der Waals surface area contributed by atoms with Crippen LogP contribution >= 0.6 is 24.0 Å². The molecule has 0 unspecified atom stereocenters. The minimum atomic E-state index is 0. The molecule has 0 spiro atoms. The molecule has 34 heavy (non-hydrogen) atoms. The number of likely N-dealkylation sites (tertiary alicyclic amines) is 1. The highest BCUT2D eigenvalue weighted by Crippen LogP contribution is 2.18. The lowest BCUT2D eigenvalue weighted by Crippen LogP contribution is -2.54. The summed E-state index contributed by atoms with van der Waals surface area (Å²) in [6.45, 7) is 9.50. The molecule has 1 aromatic heterocycles. The normalized spacial score (nSPS) is 17.3. The summed E-state index contributed by atoms with van der Waals surface area (Å²) in [5, 5.41) is 3.45. The molecule has 1 aromatic carbocycles. The third-order valence-corrected chi connectivity index (χ3v) is 6.37. The maximum atomic E-state index is 12.6. The van der Waals surface area contributed by atoms with Crippen LogP contribution in [0.3, 0.4) is 0 Å². The Hall–Kier alpha value is -2.20. The zero-order chi connectivity index (χ0) is 22.9. The zero-order valence-corrected chi connectivity index (χ0v) is 22.5. The van der Waals surface area contributed by atoms with Crippen molar-refractivity contribution in [3.63, 3.8) is 0 Å². The number of pyridine rings is 1. The Morgan fingerprint density at radius 3 is 2.47 bits per heavy atom. The number of nitrogens with zero attached hydrogens (tertiary/aromatic N) is 5. The first-order valence-corrected chi connectivity index (χ1v) is 12.3. The standard InChI is InChI=1S/C26H36N6O.HI/c1-2-27-26(29-20-22-9-8-10-23(19-22)24-11-4-5-12-28-24)32-17-15-30(16-18-32)21-25(33)31-13-6-3-7-14-31;/h4-5,8-12,19H,2-3,6-7,13-18,20-21H2,1H3,(H,27,29);1H. The van der Waals surface area contributed by atoms with Crippen LogP contribution in [-0.2, 0) is 11.3 Å². The number of carbonyl (C=O) groups excluding carboxylic acids is 1. The molecule has 2 aliphatic heterocycles. The summed E-state index contributed by atoms with van der Waals surface area (Å²) in [5.74, 6) is 1.24. The predicted octanol–water partition coefficient (Wildman–Crippen LogP) is 3.46. The Morgan fingerprint density at radius 1 is 0.971 bits per heavy atom. The summed E-state index contributed by atoms with van der Waals surface area (Å²) in [7, 11) is 0. The van der Waals surface area contributed by atoms with Crippen LogP contribution in [0.2, 0.25) is 0 Å². The first-order chi connectivity index (χ1) is 16.2. The van der Waals surface area contributed by atoms with Gasteiger partial charge in [-0.1, -0.05) is 24.3 Å².